The SMILES string of the molecule is C1=CCC2=[NH+]c3ccccc3SC2=C1. The van der Waals surface area contributed by atoms with Gasteiger partial charge in [0.05, 0.1) is 16.2 Å². The van der Waals surface area contributed by atoms with Gasteiger partial charge in [0.2, 0.25) is 5.69 Å². The molecule has 0 unspecified atom stereocenters. The molecule has 3 rings (SSSR count). The lowest BCUT2D eigenvalue weighted by atomic mass is 10.1. The molecule has 0 atom stereocenters. The van der Waals surface area contributed by atoms with E-state index in [0.717, 1.165) is 6.42 Å². The highest BCUT2D eigenvalue weighted by atomic mass is 32.2. The third-order valence-electron chi connectivity index (χ3n) is 2.40. The zero-order valence-electron chi connectivity index (χ0n) is 7.66. The van der Waals surface area contributed by atoms with E-state index in [-0.39, 0.29) is 0 Å². The molecule has 0 amide bonds. The van der Waals surface area contributed by atoms with Crippen LogP contribution in [0.2, 0.25) is 0 Å². The Hall–Kier alpha value is -1.28. The number of hydrogen-bond acceptors (Lipinski definition) is 1. The molecule has 1 aromatic carbocycles. The minimum atomic E-state index is 1.02. The average molecular weight is 200 g/mol. The Labute approximate surface area is 87.2 Å². The van der Waals surface area contributed by atoms with Gasteiger partial charge < -0.3 is 0 Å². The van der Waals surface area contributed by atoms with Crippen molar-refractivity contribution >= 4 is 23.2 Å². The zero-order chi connectivity index (χ0) is 9.38. The van der Waals surface area contributed by atoms with Crippen molar-refractivity contribution in [3.63, 3.8) is 0 Å². The first-order chi connectivity index (χ1) is 6.93. The van der Waals surface area contributed by atoms with Gasteiger partial charge in [-0.1, -0.05) is 36.0 Å². The van der Waals surface area contributed by atoms with E-state index in [0.29, 0.717) is 0 Å². The molecule has 0 bridgehead atoms. The Kier molecular flexibility index (Phi) is 1.81. The van der Waals surface area contributed by atoms with Crippen molar-refractivity contribution in [2.75, 3.05) is 0 Å². The van der Waals surface area contributed by atoms with E-state index < -0.39 is 0 Å². The lowest BCUT2D eigenvalue weighted by Crippen LogP contribution is -2.68. The fourth-order valence-electron chi connectivity index (χ4n) is 1.69. The van der Waals surface area contributed by atoms with Gasteiger partial charge in [0.25, 0.3) is 0 Å². The normalized spacial score (nSPS) is 18.0. The predicted octanol–water partition coefficient (Wildman–Crippen LogP) is 1.79. The molecular weight excluding hydrogens is 190 g/mol. The van der Waals surface area contributed by atoms with Crippen LogP contribution >= 0.6 is 11.8 Å². The van der Waals surface area contributed by atoms with Crippen molar-refractivity contribution in [2.45, 2.75) is 11.3 Å². The highest BCUT2D eigenvalue weighted by molar-refractivity contribution is 8.04. The Morgan fingerprint density at radius 2 is 2.14 bits per heavy atom. The number of allylic oxidation sites excluding steroid dienone is 4. The first kappa shape index (κ1) is 8.06. The van der Waals surface area contributed by atoms with E-state index in [1.54, 1.807) is 0 Å². The van der Waals surface area contributed by atoms with Gasteiger partial charge in [-0.15, -0.1) is 0 Å². The maximum Gasteiger partial charge on any atom is 0.217 e. The number of rotatable bonds is 0. The van der Waals surface area contributed by atoms with Gasteiger partial charge in [0.1, 0.15) is 0 Å². The number of hydrogen-bond donors (Lipinski definition) is 1. The van der Waals surface area contributed by atoms with Gasteiger partial charge in [0, 0.05) is 6.07 Å². The topological polar surface area (TPSA) is 14.0 Å². The van der Waals surface area contributed by atoms with Gasteiger partial charge in [-0.2, -0.15) is 0 Å². The minimum absolute atomic E-state index is 1.02. The molecule has 0 saturated carbocycles. The maximum absolute atomic E-state index is 3.48. The summed E-state index contributed by atoms with van der Waals surface area (Å²) in [5.74, 6) is 0. The van der Waals surface area contributed by atoms with Gasteiger partial charge >= 0.3 is 0 Å². The van der Waals surface area contributed by atoms with Crippen LogP contribution in [0.25, 0.3) is 0 Å². The van der Waals surface area contributed by atoms with E-state index in [9.17, 15) is 0 Å². The lowest BCUT2D eigenvalue weighted by Gasteiger charge is -2.12. The Morgan fingerprint density at radius 3 is 3.14 bits per heavy atom. The number of nitrogens with one attached hydrogen (secondary N) is 1. The fourth-order valence-corrected chi connectivity index (χ4v) is 2.71. The van der Waals surface area contributed by atoms with Crippen LogP contribution < -0.4 is 4.99 Å². The summed E-state index contributed by atoms with van der Waals surface area (Å²) in [4.78, 5) is 6.15. The molecular formula is C12H10NS+. The third-order valence-corrected chi connectivity index (χ3v) is 3.57. The molecule has 1 aromatic rings. The summed E-state index contributed by atoms with van der Waals surface area (Å²) in [6, 6.07) is 8.44. The second-order valence-electron chi connectivity index (χ2n) is 3.36. The quantitative estimate of drug-likeness (QED) is 0.674. The van der Waals surface area contributed by atoms with Crippen LogP contribution in [0.3, 0.4) is 0 Å². The van der Waals surface area contributed by atoms with Crippen molar-refractivity contribution in [2.24, 2.45) is 0 Å². The molecule has 1 nitrogen and oxygen atoms in total. The number of fused-ring (bicyclic) bond motifs is 2. The highest BCUT2D eigenvalue weighted by Crippen LogP contribution is 2.34. The molecule has 1 aliphatic heterocycles. The monoisotopic (exact) mass is 200 g/mol. The van der Waals surface area contributed by atoms with E-state index in [1.165, 1.54) is 21.2 Å². The molecule has 0 radical (unpaired) electrons. The molecule has 1 N–H and O–H groups in total. The summed E-state index contributed by atoms with van der Waals surface area (Å²) in [6.45, 7) is 0. The van der Waals surface area contributed by atoms with Crippen molar-refractivity contribution in [3.8, 4) is 0 Å². The molecule has 0 aromatic heterocycles. The van der Waals surface area contributed by atoms with Crippen molar-refractivity contribution in [3.05, 3.63) is 47.4 Å². The van der Waals surface area contributed by atoms with Gasteiger partial charge in [-0.05, 0) is 12.1 Å². The lowest BCUT2D eigenvalue weighted by molar-refractivity contribution is -0.358. The largest absolute Gasteiger partial charge is 0.217 e. The highest BCUT2D eigenvalue weighted by Gasteiger charge is 2.23. The molecule has 1 heterocycles. The molecule has 2 heteroatoms. The number of benzene rings is 1. The van der Waals surface area contributed by atoms with E-state index in [4.69, 9.17) is 0 Å². The molecule has 0 saturated heterocycles. The van der Waals surface area contributed by atoms with Crippen LogP contribution in [-0.2, 0) is 0 Å². The van der Waals surface area contributed by atoms with Crippen molar-refractivity contribution < 1.29 is 4.99 Å². The summed E-state index contributed by atoms with van der Waals surface area (Å²) in [5.41, 5.74) is 2.57. The second-order valence-corrected chi connectivity index (χ2v) is 4.45. The summed E-state index contributed by atoms with van der Waals surface area (Å²) in [5, 5.41) is 0. The fraction of sp³-hybridized carbons (Fsp3) is 0.0833. The molecule has 14 heavy (non-hydrogen) atoms. The van der Waals surface area contributed by atoms with Gasteiger partial charge in [0.15, 0.2) is 5.71 Å². The summed E-state index contributed by atoms with van der Waals surface area (Å²) in [6.07, 6.45) is 7.50. The van der Waals surface area contributed by atoms with E-state index in [1.807, 2.05) is 11.8 Å². The maximum atomic E-state index is 3.48. The zero-order valence-corrected chi connectivity index (χ0v) is 8.47. The first-order valence-corrected chi connectivity index (χ1v) is 5.52. The van der Waals surface area contributed by atoms with Gasteiger partial charge in [-0.25, -0.2) is 4.99 Å². The number of thioether (sulfide) groups is 1. The van der Waals surface area contributed by atoms with E-state index in [2.05, 4.69) is 47.5 Å². The molecule has 0 fully saturated rings. The number of para-hydroxylation sites is 1. The van der Waals surface area contributed by atoms with Crippen LogP contribution in [-0.4, -0.2) is 5.71 Å². The molecule has 2 aliphatic rings. The van der Waals surface area contributed by atoms with Gasteiger partial charge in [-0.3, -0.25) is 0 Å². The molecule has 0 spiro atoms. The minimum Gasteiger partial charge on any atom is -0.207 e. The second kappa shape index (κ2) is 3.14. The van der Waals surface area contributed by atoms with Crippen molar-refractivity contribution in [1.82, 2.24) is 0 Å². The molecule has 68 valence electrons. The Morgan fingerprint density at radius 1 is 1.21 bits per heavy atom. The van der Waals surface area contributed by atoms with Crippen LogP contribution in [0.4, 0.5) is 5.69 Å². The van der Waals surface area contributed by atoms with Crippen LogP contribution in [0, 0.1) is 0 Å². The smallest absolute Gasteiger partial charge is 0.207 e. The molecule has 1 aliphatic carbocycles. The average Bonchev–Trinajstić information content (AvgIpc) is 2.26. The third kappa shape index (κ3) is 1.23. The standard InChI is InChI=1S/C12H9NS/c1-3-7-11-9(5-1)13-10-6-2-4-8-12(10)14-11/h1-5,7-8H,6H2/p+1. The Balaban J connectivity index is 2.15. The first-order valence-electron chi connectivity index (χ1n) is 4.70. The van der Waals surface area contributed by atoms with E-state index >= 15 is 0 Å². The van der Waals surface area contributed by atoms with Crippen LogP contribution in [0.5, 0.6) is 0 Å². The summed E-state index contributed by atoms with van der Waals surface area (Å²) < 4.78 is 0. The summed E-state index contributed by atoms with van der Waals surface area (Å²) >= 11 is 1.85. The Bertz CT molecular complexity index is 469. The van der Waals surface area contributed by atoms with Crippen LogP contribution in [0.1, 0.15) is 6.42 Å². The predicted molar refractivity (Wildman–Crippen MR) is 59.8 cm³/mol. The summed E-state index contributed by atoms with van der Waals surface area (Å²) in [7, 11) is 0. The van der Waals surface area contributed by atoms with Crippen LogP contribution in [0.15, 0.2) is 52.3 Å². The van der Waals surface area contributed by atoms with Crippen molar-refractivity contribution in [1.29, 1.82) is 0 Å².